The van der Waals surface area contributed by atoms with E-state index >= 15 is 0 Å². The summed E-state index contributed by atoms with van der Waals surface area (Å²) in [7, 11) is 2.18. The van der Waals surface area contributed by atoms with Crippen molar-refractivity contribution in [3.63, 3.8) is 0 Å². The summed E-state index contributed by atoms with van der Waals surface area (Å²) < 4.78 is 14.7. The zero-order valence-electron chi connectivity index (χ0n) is 23.1. The third-order valence-corrected chi connectivity index (χ3v) is 7.78. The Kier molecular flexibility index (Phi) is 9.07. The van der Waals surface area contributed by atoms with E-state index in [0.29, 0.717) is 17.9 Å². The molecule has 1 aliphatic carbocycles. The van der Waals surface area contributed by atoms with Crippen molar-refractivity contribution in [2.45, 2.75) is 25.2 Å². The lowest BCUT2D eigenvalue weighted by Crippen LogP contribution is -2.23. The van der Waals surface area contributed by atoms with Crippen LogP contribution in [0.4, 0.5) is 16.0 Å². The molecule has 1 N–H and O–H groups in total. The van der Waals surface area contributed by atoms with Crippen LogP contribution in [0.15, 0.2) is 109 Å². The number of hydrogen-bond acceptors (Lipinski definition) is 4. The molecule has 0 amide bonds. The summed E-state index contributed by atoms with van der Waals surface area (Å²) in [6.45, 7) is 2.06. The molecule has 0 spiro atoms. The summed E-state index contributed by atoms with van der Waals surface area (Å²) in [6.07, 6.45) is 4.62. The molecule has 0 saturated carbocycles. The first kappa shape index (κ1) is 28.5. The maximum atomic E-state index is 14.7. The fourth-order valence-corrected chi connectivity index (χ4v) is 5.51. The zero-order valence-corrected chi connectivity index (χ0v) is 23.9. The number of anilines is 2. The van der Waals surface area contributed by atoms with Gasteiger partial charge in [-0.2, -0.15) is 0 Å². The van der Waals surface area contributed by atoms with E-state index in [9.17, 15) is 4.39 Å². The second-order valence-corrected chi connectivity index (χ2v) is 10.5. The summed E-state index contributed by atoms with van der Waals surface area (Å²) in [5.41, 5.74) is 8.43. The van der Waals surface area contributed by atoms with Crippen molar-refractivity contribution >= 4 is 24.0 Å². The predicted molar refractivity (Wildman–Crippen MR) is 168 cm³/mol. The van der Waals surface area contributed by atoms with E-state index in [1.807, 2.05) is 30.5 Å². The van der Waals surface area contributed by atoms with Crippen LogP contribution in [0.2, 0.25) is 0 Å². The monoisotopic (exact) mass is 564 g/mol. The Hall–Kier alpha value is -4.06. The molecule has 0 fully saturated rings. The first-order valence-corrected chi connectivity index (χ1v) is 13.9. The van der Waals surface area contributed by atoms with Gasteiger partial charge < -0.3 is 10.2 Å². The van der Waals surface area contributed by atoms with Crippen molar-refractivity contribution < 1.29 is 4.39 Å². The molecule has 5 aromatic rings. The fraction of sp³-hybridized carbons (Fsp3) is 0.200. The van der Waals surface area contributed by atoms with Crippen LogP contribution in [0, 0.1) is 5.82 Å². The van der Waals surface area contributed by atoms with Gasteiger partial charge >= 0.3 is 0 Å². The highest BCUT2D eigenvalue weighted by molar-refractivity contribution is 5.85. The molecule has 0 saturated heterocycles. The van der Waals surface area contributed by atoms with Gasteiger partial charge in [0.25, 0.3) is 0 Å². The number of halogens is 2. The van der Waals surface area contributed by atoms with E-state index in [1.54, 1.807) is 6.07 Å². The second kappa shape index (κ2) is 13.1. The molecule has 1 atom stereocenters. The van der Waals surface area contributed by atoms with E-state index in [2.05, 4.69) is 89.0 Å². The maximum Gasteiger partial charge on any atom is 0.227 e. The average molecular weight is 565 g/mol. The smallest absolute Gasteiger partial charge is 0.227 e. The average Bonchev–Trinajstić information content (AvgIpc) is 3.00. The lowest BCUT2D eigenvalue weighted by Gasteiger charge is -2.27. The second-order valence-electron chi connectivity index (χ2n) is 10.5. The third-order valence-electron chi connectivity index (χ3n) is 7.78. The van der Waals surface area contributed by atoms with Gasteiger partial charge in [-0.1, -0.05) is 84.9 Å². The van der Waals surface area contributed by atoms with Gasteiger partial charge in [0, 0.05) is 36.5 Å². The number of aromatic nitrogens is 2. The van der Waals surface area contributed by atoms with Crippen LogP contribution >= 0.6 is 12.4 Å². The topological polar surface area (TPSA) is 41.0 Å². The van der Waals surface area contributed by atoms with Crippen molar-refractivity contribution in [1.82, 2.24) is 14.9 Å². The summed E-state index contributed by atoms with van der Waals surface area (Å²) >= 11 is 0. The Morgan fingerprint density at radius 2 is 1.41 bits per heavy atom. The Balaban J connectivity index is 0.00000337. The van der Waals surface area contributed by atoms with Crippen LogP contribution in [0.1, 0.15) is 33.7 Å². The van der Waals surface area contributed by atoms with E-state index in [0.717, 1.165) is 54.0 Å². The molecule has 41 heavy (non-hydrogen) atoms. The molecule has 1 aliphatic rings. The van der Waals surface area contributed by atoms with Crippen LogP contribution in [-0.4, -0.2) is 35.0 Å². The van der Waals surface area contributed by atoms with Crippen LogP contribution in [0.25, 0.3) is 11.3 Å². The first-order valence-electron chi connectivity index (χ1n) is 13.9. The van der Waals surface area contributed by atoms with Gasteiger partial charge in [-0.05, 0) is 72.3 Å². The Morgan fingerprint density at radius 1 is 0.780 bits per heavy atom. The van der Waals surface area contributed by atoms with Gasteiger partial charge in [-0.15, -0.1) is 12.4 Å². The van der Waals surface area contributed by atoms with Crippen LogP contribution in [0.5, 0.6) is 0 Å². The Morgan fingerprint density at radius 3 is 2.15 bits per heavy atom. The van der Waals surface area contributed by atoms with E-state index in [-0.39, 0.29) is 24.1 Å². The zero-order chi connectivity index (χ0) is 27.3. The minimum absolute atomic E-state index is 0. The van der Waals surface area contributed by atoms with Crippen molar-refractivity contribution in [3.05, 3.63) is 143 Å². The molecule has 0 unspecified atom stereocenters. The van der Waals surface area contributed by atoms with Gasteiger partial charge in [0.1, 0.15) is 5.82 Å². The molecule has 1 aromatic heterocycles. The molecule has 4 nitrogen and oxygen atoms in total. The molecule has 6 rings (SSSR count). The van der Waals surface area contributed by atoms with Gasteiger partial charge in [0.15, 0.2) is 0 Å². The highest BCUT2D eigenvalue weighted by atomic mass is 35.5. The number of benzene rings is 4. The normalized spacial score (nSPS) is 13.7. The number of likely N-dealkylation sites (N-methyl/N-ethyl adjacent to an activating group) is 1. The largest absolute Gasteiger partial charge is 0.324 e. The number of nitrogens with zero attached hydrogens (tertiary/aromatic N) is 3. The molecule has 0 bridgehead atoms. The molecule has 0 aliphatic heterocycles. The molecular formula is C35H34ClFN4. The van der Waals surface area contributed by atoms with Crippen LogP contribution in [-0.2, 0) is 19.3 Å². The van der Waals surface area contributed by atoms with E-state index in [4.69, 9.17) is 4.98 Å². The molecule has 4 aromatic carbocycles. The summed E-state index contributed by atoms with van der Waals surface area (Å²) in [4.78, 5) is 11.9. The summed E-state index contributed by atoms with van der Waals surface area (Å²) in [5.74, 6) is 0.329. The van der Waals surface area contributed by atoms with Crippen LogP contribution < -0.4 is 5.32 Å². The SMILES string of the molecule is CN(CCc1ccccc1)CCc1ccc(Nc2ncc3c(n2)-c2ccccc2[C@H](c2ccccc2F)C3)cc1.Cl. The number of nitrogens with one attached hydrogen (secondary N) is 1. The first-order chi connectivity index (χ1) is 19.6. The molecule has 208 valence electrons. The van der Waals surface area contributed by atoms with Gasteiger partial charge in [-0.3, -0.25) is 0 Å². The van der Waals surface area contributed by atoms with Crippen molar-refractivity contribution in [2.24, 2.45) is 0 Å². The van der Waals surface area contributed by atoms with E-state index < -0.39 is 0 Å². The predicted octanol–water partition coefficient (Wildman–Crippen LogP) is 7.85. The lowest BCUT2D eigenvalue weighted by atomic mass is 9.78. The standard InChI is InChI=1S/C35H33FN4.ClH/c1-40(21-19-25-9-3-2-4-10-25)22-20-26-15-17-28(18-16-26)38-35-37-24-27-23-32(30-12-7-8-14-33(30)36)29-11-5-6-13-31(29)34(27)39-35;/h2-18,24,32H,19-23H2,1H3,(H,37,38,39);1H/t32-;/m1./s1. The summed E-state index contributed by atoms with van der Waals surface area (Å²) in [6, 6.07) is 34.4. The molecule has 0 radical (unpaired) electrons. The van der Waals surface area contributed by atoms with Gasteiger partial charge in [0.2, 0.25) is 5.95 Å². The minimum atomic E-state index is -0.174. The van der Waals surface area contributed by atoms with Crippen molar-refractivity contribution in [3.8, 4) is 11.3 Å². The van der Waals surface area contributed by atoms with Gasteiger partial charge in [0.05, 0.1) is 5.69 Å². The Labute approximate surface area is 247 Å². The number of hydrogen-bond donors (Lipinski definition) is 1. The molecular weight excluding hydrogens is 531 g/mol. The lowest BCUT2D eigenvalue weighted by molar-refractivity contribution is 0.343. The highest BCUT2D eigenvalue weighted by Crippen LogP contribution is 2.42. The molecule has 6 heteroatoms. The van der Waals surface area contributed by atoms with Crippen molar-refractivity contribution in [1.29, 1.82) is 0 Å². The van der Waals surface area contributed by atoms with Crippen LogP contribution in [0.3, 0.4) is 0 Å². The minimum Gasteiger partial charge on any atom is -0.324 e. The fourth-order valence-electron chi connectivity index (χ4n) is 5.51. The van der Waals surface area contributed by atoms with Gasteiger partial charge in [-0.25, -0.2) is 14.4 Å². The quantitative estimate of drug-likeness (QED) is 0.198. The Bertz CT molecular complexity index is 1590. The molecule has 1 heterocycles. The number of rotatable bonds is 9. The van der Waals surface area contributed by atoms with Crippen molar-refractivity contribution in [2.75, 3.05) is 25.5 Å². The summed E-state index contributed by atoms with van der Waals surface area (Å²) in [5, 5.41) is 3.37. The highest BCUT2D eigenvalue weighted by Gasteiger charge is 2.28. The number of fused-ring (bicyclic) bond motifs is 3. The van der Waals surface area contributed by atoms with E-state index in [1.165, 1.54) is 17.2 Å². The third kappa shape index (κ3) is 6.64. The maximum absolute atomic E-state index is 14.7.